The lowest BCUT2D eigenvalue weighted by Crippen LogP contribution is -2.38. The number of benzene rings is 1. The Morgan fingerprint density at radius 2 is 1.80 bits per heavy atom. The molecule has 156 valence electrons. The molecule has 1 aliphatic heterocycles. The maximum atomic E-state index is 13.3. The molecular weight excluding hydrogens is 379 g/mol. The molecule has 0 spiro atoms. The summed E-state index contributed by atoms with van der Waals surface area (Å²) in [5, 5.41) is 7.16. The van der Waals surface area contributed by atoms with Crippen LogP contribution in [0.3, 0.4) is 0 Å². The highest BCUT2D eigenvalue weighted by atomic mass is 19.1. The topological polar surface area (TPSA) is 61.9 Å². The molecule has 2 aromatic heterocycles. The van der Waals surface area contributed by atoms with Crippen molar-refractivity contribution in [2.75, 3.05) is 13.1 Å². The van der Waals surface area contributed by atoms with E-state index in [9.17, 15) is 9.18 Å². The summed E-state index contributed by atoms with van der Waals surface area (Å²) in [6, 6.07) is 12.5. The number of rotatable bonds is 4. The van der Waals surface area contributed by atoms with Crippen molar-refractivity contribution in [1.82, 2.24) is 20.1 Å². The molecule has 6 heteroatoms. The van der Waals surface area contributed by atoms with Crippen LogP contribution in [0.1, 0.15) is 66.1 Å². The predicted octanol–water partition coefficient (Wildman–Crippen LogP) is 5.06. The zero-order chi connectivity index (χ0) is 21.3. The van der Waals surface area contributed by atoms with E-state index in [0.29, 0.717) is 30.6 Å². The van der Waals surface area contributed by atoms with Gasteiger partial charge in [-0.15, -0.1) is 0 Å². The Kier molecular flexibility index (Phi) is 5.66. The van der Waals surface area contributed by atoms with E-state index >= 15 is 0 Å². The van der Waals surface area contributed by atoms with Gasteiger partial charge in [0.25, 0.3) is 5.91 Å². The normalized spacial score (nSPS) is 15.0. The number of aromatic nitrogens is 3. The number of halogens is 1. The van der Waals surface area contributed by atoms with Gasteiger partial charge in [-0.3, -0.25) is 14.9 Å². The quantitative estimate of drug-likeness (QED) is 0.659. The maximum Gasteiger partial charge on any atom is 0.274 e. The lowest BCUT2D eigenvalue weighted by atomic mass is 9.91. The SMILES string of the molecule is Cc1cc(-c2ccc(F)cc2)cc(C2CCN(C(=O)c3cc(C(C)C)[nH]n3)CC2)n1. The van der Waals surface area contributed by atoms with E-state index in [4.69, 9.17) is 4.98 Å². The summed E-state index contributed by atoms with van der Waals surface area (Å²) in [4.78, 5) is 19.4. The Labute approximate surface area is 176 Å². The molecule has 3 heterocycles. The monoisotopic (exact) mass is 406 g/mol. The predicted molar refractivity (Wildman–Crippen MR) is 115 cm³/mol. The van der Waals surface area contributed by atoms with Crippen molar-refractivity contribution >= 4 is 5.91 Å². The number of pyridine rings is 1. The minimum Gasteiger partial charge on any atom is -0.337 e. The largest absolute Gasteiger partial charge is 0.337 e. The van der Waals surface area contributed by atoms with Crippen molar-refractivity contribution < 1.29 is 9.18 Å². The molecule has 1 aliphatic rings. The van der Waals surface area contributed by atoms with Crippen LogP contribution in [-0.2, 0) is 0 Å². The zero-order valence-corrected chi connectivity index (χ0v) is 17.7. The molecule has 0 atom stereocenters. The van der Waals surface area contributed by atoms with E-state index in [1.165, 1.54) is 12.1 Å². The summed E-state index contributed by atoms with van der Waals surface area (Å²) >= 11 is 0. The Morgan fingerprint density at radius 1 is 1.10 bits per heavy atom. The van der Waals surface area contributed by atoms with E-state index in [2.05, 4.69) is 30.1 Å². The summed E-state index contributed by atoms with van der Waals surface area (Å²) in [5.41, 5.74) is 5.49. The van der Waals surface area contributed by atoms with Crippen LogP contribution in [0, 0.1) is 12.7 Å². The highest BCUT2D eigenvalue weighted by Gasteiger charge is 2.27. The van der Waals surface area contributed by atoms with Gasteiger partial charge in [0, 0.05) is 36.1 Å². The lowest BCUT2D eigenvalue weighted by Gasteiger charge is -2.31. The van der Waals surface area contributed by atoms with Crippen molar-refractivity contribution in [1.29, 1.82) is 0 Å². The fourth-order valence-corrected chi connectivity index (χ4v) is 3.99. The van der Waals surface area contributed by atoms with Crippen LogP contribution in [0.5, 0.6) is 0 Å². The standard InChI is InChI=1S/C24H27FN4O/c1-15(2)21-14-23(28-27-21)24(30)29-10-8-18(9-11-29)22-13-19(12-16(3)26-22)17-4-6-20(25)7-5-17/h4-7,12-15,18H,8-11H2,1-3H3,(H,27,28). The number of H-pyrrole nitrogens is 1. The van der Waals surface area contributed by atoms with Gasteiger partial charge in [-0.1, -0.05) is 26.0 Å². The molecule has 1 N–H and O–H groups in total. The van der Waals surface area contributed by atoms with Gasteiger partial charge >= 0.3 is 0 Å². The second-order valence-corrected chi connectivity index (χ2v) is 8.36. The van der Waals surface area contributed by atoms with Gasteiger partial charge in [0.2, 0.25) is 0 Å². The molecule has 0 radical (unpaired) electrons. The number of aryl methyl sites for hydroxylation is 1. The van der Waals surface area contributed by atoms with Crippen LogP contribution in [-0.4, -0.2) is 39.1 Å². The van der Waals surface area contributed by atoms with E-state index in [0.717, 1.165) is 41.1 Å². The third-order valence-electron chi connectivity index (χ3n) is 5.79. The highest BCUT2D eigenvalue weighted by molar-refractivity contribution is 5.92. The molecule has 1 amide bonds. The Bertz CT molecular complexity index is 1030. The summed E-state index contributed by atoms with van der Waals surface area (Å²) in [6.45, 7) is 7.51. The fraction of sp³-hybridized carbons (Fsp3) is 0.375. The minimum absolute atomic E-state index is 0.0131. The number of carbonyl (C=O) groups is 1. The fourth-order valence-electron chi connectivity index (χ4n) is 3.99. The van der Waals surface area contributed by atoms with Crippen LogP contribution in [0.25, 0.3) is 11.1 Å². The number of likely N-dealkylation sites (tertiary alicyclic amines) is 1. The van der Waals surface area contributed by atoms with Crippen molar-refractivity contribution in [3.8, 4) is 11.1 Å². The molecule has 4 rings (SSSR count). The van der Waals surface area contributed by atoms with Crippen LogP contribution >= 0.6 is 0 Å². The molecule has 1 fully saturated rings. The minimum atomic E-state index is -0.237. The molecule has 30 heavy (non-hydrogen) atoms. The van der Waals surface area contributed by atoms with Gasteiger partial charge in [-0.25, -0.2) is 4.39 Å². The first-order valence-electron chi connectivity index (χ1n) is 10.5. The molecule has 1 aromatic carbocycles. The Hall–Kier alpha value is -3.02. The average Bonchev–Trinajstić information content (AvgIpc) is 3.24. The summed E-state index contributed by atoms with van der Waals surface area (Å²) in [5.74, 6) is 0.367. The molecule has 0 saturated carbocycles. The van der Waals surface area contributed by atoms with Crippen molar-refractivity contribution in [2.24, 2.45) is 0 Å². The van der Waals surface area contributed by atoms with E-state index in [1.807, 2.05) is 24.0 Å². The number of piperidine rings is 1. The number of hydrogen-bond acceptors (Lipinski definition) is 3. The second kappa shape index (κ2) is 8.38. The molecule has 3 aromatic rings. The Morgan fingerprint density at radius 3 is 2.43 bits per heavy atom. The molecule has 1 saturated heterocycles. The Balaban J connectivity index is 1.46. The van der Waals surface area contributed by atoms with Crippen LogP contribution in [0.4, 0.5) is 4.39 Å². The average molecular weight is 407 g/mol. The van der Waals surface area contributed by atoms with Crippen molar-refractivity contribution in [3.63, 3.8) is 0 Å². The van der Waals surface area contributed by atoms with Gasteiger partial charge in [0.05, 0.1) is 0 Å². The van der Waals surface area contributed by atoms with E-state index < -0.39 is 0 Å². The van der Waals surface area contributed by atoms with Gasteiger partial charge in [-0.2, -0.15) is 5.10 Å². The number of nitrogens with one attached hydrogen (secondary N) is 1. The first-order valence-corrected chi connectivity index (χ1v) is 10.5. The van der Waals surface area contributed by atoms with Crippen LogP contribution in [0.2, 0.25) is 0 Å². The first kappa shape index (κ1) is 20.3. The lowest BCUT2D eigenvalue weighted by molar-refractivity contribution is 0.0706. The highest BCUT2D eigenvalue weighted by Crippen LogP contribution is 2.31. The van der Waals surface area contributed by atoms with E-state index in [-0.39, 0.29) is 11.7 Å². The summed E-state index contributed by atoms with van der Waals surface area (Å²) < 4.78 is 13.3. The number of hydrogen-bond donors (Lipinski definition) is 1. The zero-order valence-electron chi connectivity index (χ0n) is 17.7. The summed E-state index contributed by atoms with van der Waals surface area (Å²) in [6.07, 6.45) is 1.74. The third-order valence-corrected chi connectivity index (χ3v) is 5.79. The number of nitrogens with zero attached hydrogens (tertiary/aromatic N) is 3. The van der Waals surface area contributed by atoms with Gasteiger partial charge in [-0.05, 0) is 67.1 Å². The smallest absolute Gasteiger partial charge is 0.274 e. The molecule has 0 unspecified atom stereocenters. The van der Waals surface area contributed by atoms with Crippen molar-refractivity contribution in [2.45, 2.75) is 45.4 Å². The molecular formula is C24H27FN4O. The number of carbonyl (C=O) groups excluding carboxylic acids is 1. The molecule has 0 bridgehead atoms. The van der Waals surface area contributed by atoms with Gasteiger partial charge in [0.15, 0.2) is 0 Å². The maximum absolute atomic E-state index is 13.3. The second-order valence-electron chi connectivity index (χ2n) is 8.36. The number of amides is 1. The number of aromatic amines is 1. The van der Waals surface area contributed by atoms with Crippen LogP contribution < -0.4 is 0 Å². The van der Waals surface area contributed by atoms with E-state index in [1.54, 1.807) is 12.1 Å². The van der Waals surface area contributed by atoms with Gasteiger partial charge < -0.3 is 4.90 Å². The van der Waals surface area contributed by atoms with Gasteiger partial charge in [0.1, 0.15) is 11.5 Å². The molecule has 5 nitrogen and oxygen atoms in total. The third kappa shape index (κ3) is 4.27. The first-order chi connectivity index (χ1) is 14.4. The summed E-state index contributed by atoms with van der Waals surface area (Å²) in [7, 11) is 0. The van der Waals surface area contributed by atoms with Crippen molar-refractivity contribution in [3.05, 3.63) is 71.1 Å². The van der Waals surface area contributed by atoms with Crippen LogP contribution in [0.15, 0.2) is 42.5 Å². The molecule has 0 aliphatic carbocycles.